The number of nitrogen functional groups attached to an aromatic ring is 1. The molecule has 0 saturated carbocycles. The number of rotatable bonds is 5. The van der Waals surface area contributed by atoms with Crippen LogP contribution < -0.4 is 5.73 Å². The van der Waals surface area contributed by atoms with Crippen LogP contribution in [0.25, 0.3) is 0 Å². The number of carbonyl (C=O) groups excluding carboxylic acids is 1. The minimum Gasteiger partial charge on any atom is -0.398 e. The first kappa shape index (κ1) is 14.8. The maximum Gasteiger partial charge on any atom is 0.257 e. The Morgan fingerprint density at radius 3 is 2.50 bits per heavy atom. The predicted molar refractivity (Wildman–Crippen MR) is 76.0 cm³/mol. The summed E-state index contributed by atoms with van der Waals surface area (Å²) in [6.07, 6.45) is 0.916. The first-order valence-corrected chi connectivity index (χ1v) is 6.25. The lowest BCUT2D eigenvalue weighted by molar-refractivity contribution is 0.0792. The molecule has 18 heavy (non-hydrogen) atoms. The zero-order valence-electron chi connectivity index (χ0n) is 11.1. The normalized spacial score (nSPS) is 10.7. The minimum absolute atomic E-state index is 0.128. The van der Waals surface area contributed by atoms with Crippen molar-refractivity contribution in [3.63, 3.8) is 0 Å². The molecule has 0 aliphatic heterocycles. The monoisotopic (exact) mass is 269 g/mol. The number of amides is 1. The molecule has 0 atom stereocenters. The first-order valence-electron chi connectivity index (χ1n) is 5.87. The highest BCUT2D eigenvalue weighted by molar-refractivity contribution is 6.34. The van der Waals surface area contributed by atoms with Crippen molar-refractivity contribution >= 4 is 23.2 Å². The summed E-state index contributed by atoms with van der Waals surface area (Å²) >= 11 is 6.02. The number of carbonyl (C=O) groups is 1. The zero-order valence-corrected chi connectivity index (χ0v) is 11.9. The maximum absolute atomic E-state index is 12.2. The molecule has 4 nitrogen and oxygen atoms in total. The smallest absolute Gasteiger partial charge is 0.257 e. The van der Waals surface area contributed by atoms with Gasteiger partial charge in [-0.25, -0.2) is 0 Å². The summed E-state index contributed by atoms with van der Waals surface area (Å²) in [4.78, 5) is 15.9. The summed E-state index contributed by atoms with van der Waals surface area (Å²) in [6, 6.07) is 5.10. The highest BCUT2D eigenvalue weighted by Crippen LogP contribution is 2.23. The molecular formula is C13H20ClN3O. The largest absolute Gasteiger partial charge is 0.398 e. The van der Waals surface area contributed by atoms with Crippen molar-refractivity contribution in [2.45, 2.75) is 6.42 Å². The Hall–Kier alpha value is -1.26. The van der Waals surface area contributed by atoms with Crippen LogP contribution in [0.15, 0.2) is 18.2 Å². The number of nitrogens with two attached hydrogens (primary N) is 1. The summed E-state index contributed by atoms with van der Waals surface area (Å²) in [5.41, 5.74) is 6.61. The van der Waals surface area contributed by atoms with E-state index in [9.17, 15) is 4.79 Å². The molecule has 0 radical (unpaired) electrons. The van der Waals surface area contributed by atoms with Gasteiger partial charge in [0.1, 0.15) is 0 Å². The van der Waals surface area contributed by atoms with Crippen LogP contribution in [0, 0.1) is 0 Å². The lowest BCUT2D eigenvalue weighted by Crippen LogP contribution is -2.30. The molecule has 0 saturated heterocycles. The number of hydrogen-bond donors (Lipinski definition) is 1. The van der Waals surface area contributed by atoms with Crippen molar-refractivity contribution in [1.29, 1.82) is 0 Å². The van der Waals surface area contributed by atoms with Crippen LogP contribution >= 0.6 is 11.6 Å². The predicted octanol–water partition coefficient (Wildman–Crippen LogP) is 1.95. The van der Waals surface area contributed by atoms with Crippen molar-refractivity contribution in [3.05, 3.63) is 28.8 Å². The fraction of sp³-hybridized carbons (Fsp3) is 0.462. The van der Waals surface area contributed by atoms with Gasteiger partial charge in [0.15, 0.2) is 0 Å². The van der Waals surface area contributed by atoms with Gasteiger partial charge in [0.05, 0.1) is 10.6 Å². The van der Waals surface area contributed by atoms with Gasteiger partial charge in [0.25, 0.3) is 5.91 Å². The summed E-state index contributed by atoms with van der Waals surface area (Å²) in [6.45, 7) is 1.62. The van der Waals surface area contributed by atoms with Crippen LogP contribution in [-0.4, -0.2) is 49.9 Å². The topological polar surface area (TPSA) is 49.6 Å². The summed E-state index contributed by atoms with van der Waals surface area (Å²) in [5.74, 6) is -0.128. The van der Waals surface area contributed by atoms with Gasteiger partial charge in [-0.15, -0.1) is 0 Å². The zero-order chi connectivity index (χ0) is 13.7. The molecule has 0 aliphatic rings. The van der Waals surface area contributed by atoms with E-state index in [2.05, 4.69) is 4.90 Å². The number of benzene rings is 1. The van der Waals surface area contributed by atoms with Crippen molar-refractivity contribution in [2.75, 3.05) is 40.0 Å². The van der Waals surface area contributed by atoms with Gasteiger partial charge < -0.3 is 15.5 Å². The van der Waals surface area contributed by atoms with Gasteiger partial charge in [-0.3, -0.25) is 4.79 Å². The Morgan fingerprint density at radius 1 is 1.28 bits per heavy atom. The lowest BCUT2D eigenvalue weighted by Gasteiger charge is -2.20. The van der Waals surface area contributed by atoms with Crippen LogP contribution in [0.4, 0.5) is 5.69 Å². The van der Waals surface area contributed by atoms with Crippen molar-refractivity contribution in [3.8, 4) is 0 Å². The molecular weight excluding hydrogens is 250 g/mol. The second-order valence-corrected chi connectivity index (χ2v) is 4.99. The van der Waals surface area contributed by atoms with E-state index in [0.717, 1.165) is 13.0 Å². The third kappa shape index (κ3) is 3.89. The lowest BCUT2D eigenvalue weighted by atomic mass is 10.1. The highest BCUT2D eigenvalue weighted by Gasteiger charge is 2.17. The molecule has 100 valence electrons. The fourth-order valence-corrected chi connectivity index (χ4v) is 1.95. The van der Waals surface area contributed by atoms with E-state index in [-0.39, 0.29) is 5.91 Å². The molecule has 0 heterocycles. The third-order valence-corrected chi connectivity index (χ3v) is 3.02. The highest BCUT2D eigenvalue weighted by atomic mass is 35.5. The SMILES string of the molecule is CN(C)CCCN(C)C(=O)c1c(N)cccc1Cl. The quantitative estimate of drug-likeness (QED) is 0.831. The fourth-order valence-electron chi connectivity index (χ4n) is 1.68. The van der Waals surface area contributed by atoms with Crippen LogP contribution in [0.5, 0.6) is 0 Å². The number of halogens is 1. The van der Waals surface area contributed by atoms with Crippen LogP contribution in [-0.2, 0) is 0 Å². The van der Waals surface area contributed by atoms with Crippen LogP contribution in [0.2, 0.25) is 5.02 Å². The summed E-state index contributed by atoms with van der Waals surface area (Å²) in [5, 5.41) is 0.402. The van der Waals surface area contributed by atoms with Crippen LogP contribution in [0.3, 0.4) is 0 Å². The molecule has 0 fully saturated rings. The van der Waals surface area contributed by atoms with Gasteiger partial charge >= 0.3 is 0 Å². The Labute approximate surface area is 113 Å². The van der Waals surface area contributed by atoms with Gasteiger partial charge in [-0.1, -0.05) is 17.7 Å². The molecule has 1 rings (SSSR count). The Morgan fingerprint density at radius 2 is 1.94 bits per heavy atom. The Kier molecular flexibility index (Phi) is 5.44. The van der Waals surface area contributed by atoms with Gasteiger partial charge in [0.2, 0.25) is 0 Å². The second-order valence-electron chi connectivity index (χ2n) is 4.59. The summed E-state index contributed by atoms with van der Waals surface area (Å²) in [7, 11) is 5.78. The maximum atomic E-state index is 12.2. The molecule has 0 bridgehead atoms. The molecule has 0 aliphatic carbocycles. The molecule has 0 unspecified atom stereocenters. The number of hydrogen-bond acceptors (Lipinski definition) is 3. The van der Waals surface area contributed by atoms with E-state index >= 15 is 0 Å². The molecule has 1 aromatic carbocycles. The van der Waals surface area contributed by atoms with Crippen molar-refractivity contribution in [1.82, 2.24) is 9.80 Å². The Balaban J connectivity index is 2.69. The van der Waals surface area contributed by atoms with E-state index in [1.54, 1.807) is 30.1 Å². The molecule has 0 spiro atoms. The van der Waals surface area contributed by atoms with E-state index in [1.165, 1.54) is 0 Å². The van der Waals surface area contributed by atoms with Crippen molar-refractivity contribution < 1.29 is 4.79 Å². The number of nitrogens with zero attached hydrogens (tertiary/aromatic N) is 2. The molecule has 2 N–H and O–H groups in total. The molecule has 1 aromatic rings. The number of anilines is 1. The van der Waals surface area contributed by atoms with Gasteiger partial charge in [-0.2, -0.15) is 0 Å². The van der Waals surface area contributed by atoms with Gasteiger partial charge in [-0.05, 0) is 39.2 Å². The van der Waals surface area contributed by atoms with Crippen molar-refractivity contribution in [2.24, 2.45) is 0 Å². The van der Waals surface area contributed by atoms with E-state index in [4.69, 9.17) is 17.3 Å². The second kappa shape index (κ2) is 6.61. The minimum atomic E-state index is -0.128. The van der Waals surface area contributed by atoms with E-state index in [0.29, 0.717) is 22.8 Å². The van der Waals surface area contributed by atoms with Gasteiger partial charge in [0, 0.05) is 19.3 Å². The standard InChI is InChI=1S/C13H20ClN3O/c1-16(2)8-5-9-17(3)13(18)12-10(14)6-4-7-11(12)15/h4,6-7H,5,8-9,15H2,1-3H3. The molecule has 5 heteroatoms. The third-order valence-electron chi connectivity index (χ3n) is 2.71. The van der Waals surface area contributed by atoms with E-state index in [1.807, 2.05) is 14.1 Å². The average molecular weight is 270 g/mol. The Bertz CT molecular complexity index is 400. The molecule has 0 aromatic heterocycles. The van der Waals surface area contributed by atoms with Crippen LogP contribution in [0.1, 0.15) is 16.8 Å². The first-order chi connectivity index (χ1) is 8.43. The van der Waals surface area contributed by atoms with E-state index < -0.39 is 0 Å². The summed E-state index contributed by atoms with van der Waals surface area (Å²) < 4.78 is 0. The average Bonchev–Trinajstić information content (AvgIpc) is 2.27. The molecule has 1 amide bonds.